The van der Waals surface area contributed by atoms with Crippen molar-refractivity contribution in [3.8, 4) is 49.4 Å². The number of terminal acetylenes is 4. The minimum absolute atomic E-state index is 0.198. The third-order valence-corrected chi connectivity index (χ3v) is 10.5. The van der Waals surface area contributed by atoms with Gasteiger partial charge in [0.05, 0.1) is 35.0 Å². The van der Waals surface area contributed by atoms with E-state index in [4.69, 9.17) is 25.7 Å². The highest BCUT2D eigenvalue weighted by Gasteiger charge is 2.73. The van der Waals surface area contributed by atoms with E-state index < -0.39 is 47.4 Å². The van der Waals surface area contributed by atoms with Crippen LogP contribution in [0.25, 0.3) is 0 Å². The maximum absolute atomic E-state index is 13.8. The summed E-state index contributed by atoms with van der Waals surface area (Å²) < 4.78 is 0. The number of anilines is 2. The number of carbonyl (C=O) groups is 4. The van der Waals surface area contributed by atoms with Gasteiger partial charge in [-0.15, -0.1) is 25.7 Å². The zero-order valence-electron chi connectivity index (χ0n) is 23.5. The highest BCUT2D eigenvalue weighted by atomic mass is 16.4. The van der Waals surface area contributed by atoms with E-state index >= 15 is 0 Å². The van der Waals surface area contributed by atoms with E-state index in [1.807, 2.05) is 0 Å². The number of carboxylic acid groups (broad SMARTS) is 2. The van der Waals surface area contributed by atoms with Crippen molar-refractivity contribution < 1.29 is 29.4 Å². The van der Waals surface area contributed by atoms with Gasteiger partial charge >= 0.3 is 11.9 Å². The summed E-state index contributed by atoms with van der Waals surface area (Å²) in [5.41, 5.74) is 2.47. The lowest BCUT2D eigenvalue weighted by Gasteiger charge is -2.45. The summed E-state index contributed by atoms with van der Waals surface area (Å²) >= 11 is 0. The third-order valence-electron chi connectivity index (χ3n) is 10.5. The van der Waals surface area contributed by atoms with Crippen molar-refractivity contribution in [1.82, 2.24) is 0 Å². The number of hydrogen-bond acceptors (Lipinski definition) is 4. The summed E-state index contributed by atoms with van der Waals surface area (Å²) in [6.45, 7) is 0. The first-order valence-electron chi connectivity index (χ1n) is 14.3. The topological polar surface area (TPSA) is 133 Å². The van der Waals surface area contributed by atoms with Crippen molar-refractivity contribution in [3.05, 3.63) is 58.7 Å². The van der Waals surface area contributed by atoms with Gasteiger partial charge in [0.25, 0.3) is 0 Å². The number of benzene rings is 2. The average Bonchev–Trinajstić information content (AvgIpc) is 3.78. The summed E-state index contributed by atoms with van der Waals surface area (Å²) in [5, 5.41) is 26.4. The Morgan fingerprint density at radius 2 is 0.955 bits per heavy atom. The quantitative estimate of drug-likeness (QED) is 0.304. The van der Waals surface area contributed by atoms with Gasteiger partial charge in [0.2, 0.25) is 11.8 Å². The van der Waals surface area contributed by atoms with Gasteiger partial charge < -0.3 is 20.8 Å². The number of hydrogen-bond donors (Lipinski definition) is 4. The highest BCUT2D eigenvalue weighted by molar-refractivity contribution is 5.99. The number of aliphatic carboxylic acids is 2. The van der Waals surface area contributed by atoms with Crippen molar-refractivity contribution in [2.45, 2.75) is 12.8 Å². The minimum atomic E-state index is -1.09. The second-order valence-corrected chi connectivity index (χ2v) is 12.1. The first-order valence-corrected chi connectivity index (χ1v) is 14.3. The van der Waals surface area contributed by atoms with Gasteiger partial charge in [-0.25, -0.2) is 0 Å². The second-order valence-electron chi connectivity index (χ2n) is 12.1. The van der Waals surface area contributed by atoms with Gasteiger partial charge in [-0.2, -0.15) is 0 Å². The fourth-order valence-corrected chi connectivity index (χ4v) is 9.19. The van der Waals surface area contributed by atoms with E-state index in [0.29, 0.717) is 46.5 Å². The molecule has 10 unspecified atom stereocenters. The first-order chi connectivity index (χ1) is 21.1. The second kappa shape index (κ2) is 10.7. The van der Waals surface area contributed by atoms with Crippen molar-refractivity contribution in [3.63, 3.8) is 0 Å². The van der Waals surface area contributed by atoms with E-state index in [-0.39, 0.29) is 35.5 Å². The van der Waals surface area contributed by atoms with Gasteiger partial charge in [0, 0.05) is 22.3 Å². The van der Waals surface area contributed by atoms with E-state index in [1.54, 1.807) is 36.4 Å². The summed E-state index contributed by atoms with van der Waals surface area (Å²) in [6, 6.07) is 9.69. The molecule has 4 aliphatic carbocycles. The normalized spacial score (nSPS) is 31.9. The van der Waals surface area contributed by atoms with Gasteiger partial charge in [-0.05, 0) is 84.7 Å². The Kier molecular flexibility index (Phi) is 6.96. The number of carbonyl (C=O) groups excluding carboxylic acids is 2. The standard InChI is InChI=1S/C36H28N2O6/c1-5-17-9-11-19(7-3)25(13-17)37-33(39)29-21-15-23(31(29)35(41)42)28-22-16-24(27(21)28)32(36(43)44)30(22)34(40)38-26-14-18(6-2)10-12-20(26)8-4/h1-4,9-14,21-24,27-32H,15-16H2,(H,37,39)(H,38,40)(H,41,42)(H,43,44). The molecule has 0 aliphatic heterocycles. The van der Waals surface area contributed by atoms with Crippen LogP contribution in [0.2, 0.25) is 0 Å². The SMILES string of the molecule is C#Cc1ccc(C#C)c(NC(=O)C2C3CC(C2C(=O)O)C2C4CC(C(C(=O)O)C4C(=O)Nc4cc(C#C)ccc4C#C)C32)c1. The number of rotatable bonds is 6. The lowest BCUT2D eigenvalue weighted by molar-refractivity contribution is -0.158. The molecule has 44 heavy (non-hydrogen) atoms. The van der Waals surface area contributed by atoms with Crippen LogP contribution in [-0.2, 0) is 19.2 Å². The Morgan fingerprint density at radius 1 is 0.591 bits per heavy atom. The zero-order valence-corrected chi connectivity index (χ0v) is 23.5. The fraction of sp³-hybridized carbons (Fsp3) is 0.333. The molecular formula is C36H28N2O6. The number of nitrogens with one attached hydrogen (secondary N) is 2. The Labute approximate surface area is 255 Å². The Morgan fingerprint density at radius 3 is 1.27 bits per heavy atom. The molecule has 0 radical (unpaired) electrons. The smallest absolute Gasteiger partial charge is 0.307 e. The molecule has 4 bridgehead atoms. The largest absolute Gasteiger partial charge is 0.481 e. The molecule has 8 heteroatoms. The maximum Gasteiger partial charge on any atom is 0.307 e. The van der Waals surface area contributed by atoms with E-state index in [1.165, 1.54) is 0 Å². The molecule has 4 saturated carbocycles. The Balaban J connectivity index is 1.30. The van der Waals surface area contributed by atoms with Crippen LogP contribution in [0.3, 0.4) is 0 Å². The van der Waals surface area contributed by atoms with E-state index in [0.717, 1.165) is 0 Å². The maximum atomic E-state index is 13.8. The van der Waals surface area contributed by atoms with Crippen LogP contribution in [0.1, 0.15) is 35.1 Å². The third kappa shape index (κ3) is 4.23. The molecule has 0 heterocycles. The number of carboxylic acids is 2. The zero-order chi connectivity index (χ0) is 31.4. The van der Waals surface area contributed by atoms with Gasteiger partial charge in [0.15, 0.2) is 0 Å². The Bertz CT molecular complexity index is 1670. The molecule has 218 valence electrons. The van der Waals surface area contributed by atoms with Gasteiger partial charge in [-0.3, -0.25) is 19.2 Å². The van der Waals surface area contributed by atoms with Crippen LogP contribution in [0.15, 0.2) is 36.4 Å². The molecular weight excluding hydrogens is 556 g/mol. The molecule has 0 saturated heterocycles. The van der Waals surface area contributed by atoms with Crippen molar-refractivity contribution in [1.29, 1.82) is 0 Å². The molecule has 0 aromatic heterocycles. The van der Waals surface area contributed by atoms with E-state index in [9.17, 15) is 29.4 Å². The lowest BCUT2D eigenvalue weighted by atomic mass is 9.58. The molecule has 2 aromatic rings. The van der Waals surface area contributed by atoms with Crippen molar-refractivity contribution in [2.24, 2.45) is 59.2 Å². The van der Waals surface area contributed by atoms with Crippen molar-refractivity contribution >= 4 is 35.1 Å². The molecule has 4 fully saturated rings. The predicted molar refractivity (Wildman–Crippen MR) is 161 cm³/mol. The molecule has 2 amide bonds. The molecule has 8 nitrogen and oxygen atoms in total. The molecule has 2 aromatic carbocycles. The van der Waals surface area contributed by atoms with Crippen LogP contribution in [0.5, 0.6) is 0 Å². The van der Waals surface area contributed by atoms with Gasteiger partial charge in [-0.1, -0.05) is 23.7 Å². The molecule has 4 N–H and O–H groups in total. The van der Waals surface area contributed by atoms with Crippen LogP contribution in [0, 0.1) is 109 Å². The molecule has 10 atom stereocenters. The van der Waals surface area contributed by atoms with Crippen LogP contribution < -0.4 is 10.6 Å². The minimum Gasteiger partial charge on any atom is -0.481 e. The van der Waals surface area contributed by atoms with E-state index in [2.05, 4.69) is 34.3 Å². The van der Waals surface area contributed by atoms with Crippen molar-refractivity contribution in [2.75, 3.05) is 10.6 Å². The van der Waals surface area contributed by atoms with Crippen LogP contribution >= 0.6 is 0 Å². The number of amides is 2. The number of fused-ring (bicyclic) bond motifs is 9. The summed E-state index contributed by atoms with van der Waals surface area (Å²) in [4.78, 5) is 52.9. The first kappa shape index (κ1) is 28.7. The summed E-state index contributed by atoms with van der Waals surface area (Å²) in [5.74, 6) is 1.28. The molecule has 6 rings (SSSR count). The van der Waals surface area contributed by atoms with Crippen LogP contribution in [0.4, 0.5) is 11.4 Å². The lowest BCUT2D eigenvalue weighted by Crippen LogP contribution is -2.51. The highest BCUT2D eigenvalue weighted by Crippen LogP contribution is 2.73. The predicted octanol–water partition coefficient (Wildman–Crippen LogP) is 3.35. The molecule has 0 spiro atoms. The molecule has 4 aliphatic rings. The monoisotopic (exact) mass is 584 g/mol. The summed E-state index contributed by atoms with van der Waals surface area (Å²) in [6.07, 6.45) is 23.2. The average molecular weight is 585 g/mol. The Hall–Kier alpha value is -5.44. The van der Waals surface area contributed by atoms with Gasteiger partial charge in [0.1, 0.15) is 0 Å². The summed E-state index contributed by atoms with van der Waals surface area (Å²) in [7, 11) is 0. The fourth-order valence-electron chi connectivity index (χ4n) is 9.19. The van der Waals surface area contributed by atoms with Crippen LogP contribution in [-0.4, -0.2) is 34.0 Å².